The highest BCUT2D eigenvalue weighted by atomic mass is 32.2. The molecule has 170 valence electrons. The molecule has 0 bridgehead atoms. The van der Waals surface area contributed by atoms with Crippen LogP contribution in [0.1, 0.15) is 28.4 Å². The topological polar surface area (TPSA) is 76.6 Å². The lowest BCUT2D eigenvalue weighted by Gasteiger charge is -2.21. The molecule has 0 aliphatic carbocycles. The van der Waals surface area contributed by atoms with Gasteiger partial charge in [0.05, 0.1) is 23.1 Å². The number of anilines is 1. The number of rotatable bonds is 6. The van der Waals surface area contributed by atoms with Crippen molar-refractivity contribution in [1.29, 1.82) is 0 Å². The molecule has 0 N–H and O–H groups in total. The van der Waals surface area contributed by atoms with Crippen LogP contribution in [0.3, 0.4) is 0 Å². The zero-order chi connectivity index (χ0) is 23.7. The second-order valence-corrected chi connectivity index (χ2v) is 9.44. The van der Waals surface area contributed by atoms with Gasteiger partial charge < -0.3 is 4.74 Å². The third kappa shape index (κ3) is 4.63. The Labute approximate surface area is 187 Å². The van der Waals surface area contributed by atoms with Gasteiger partial charge in [0.2, 0.25) is 0 Å². The van der Waals surface area contributed by atoms with E-state index in [0.717, 1.165) is 27.8 Å². The molecule has 1 heterocycles. The number of thiazole rings is 1. The number of carbonyl (C=O) groups excluding carboxylic acids is 1. The molecule has 0 amide bonds. The molecule has 0 saturated carbocycles. The molecular formula is C21H19F3N2O4S2. The van der Waals surface area contributed by atoms with E-state index in [1.54, 1.807) is 13.8 Å². The summed E-state index contributed by atoms with van der Waals surface area (Å²) in [4.78, 5) is 16.2. The number of aryl methyl sites for hydroxylation is 1. The van der Waals surface area contributed by atoms with Crippen molar-refractivity contribution in [3.63, 3.8) is 0 Å². The fourth-order valence-corrected chi connectivity index (χ4v) is 5.31. The molecule has 0 spiro atoms. The molecule has 0 aliphatic rings. The largest absolute Gasteiger partial charge is 0.465 e. The average molecular weight is 485 g/mol. The molecule has 6 nitrogen and oxygen atoms in total. The molecule has 0 aliphatic heterocycles. The van der Waals surface area contributed by atoms with Gasteiger partial charge in [-0.15, -0.1) is 11.3 Å². The molecule has 0 unspecified atom stereocenters. The lowest BCUT2D eigenvalue weighted by atomic mass is 10.1. The lowest BCUT2D eigenvalue weighted by Crippen LogP contribution is -2.31. The first-order valence-corrected chi connectivity index (χ1v) is 11.7. The molecule has 3 rings (SSSR count). The van der Waals surface area contributed by atoms with Gasteiger partial charge in [0.1, 0.15) is 5.01 Å². The van der Waals surface area contributed by atoms with Gasteiger partial charge in [-0.1, -0.05) is 18.2 Å². The Morgan fingerprint density at radius 1 is 1.16 bits per heavy atom. The van der Waals surface area contributed by atoms with Crippen molar-refractivity contribution in [2.24, 2.45) is 0 Å². The maximum atomic E-state index is 13.3. The number of benzene rings is 2. The normalized spacial score (nSPS) is 11.9. The minimum Gasteiger partial charge on any atom is -0.465 e. The number of aromatic nitrogens is 1. The molecule has 11 heteroatoms. The van der Waals surface area contributed by atoms with Crippen molar-refractivity contribution in [2.75, 3.05) is 18.0 Å². The van der Waals surface area contributed by atoms with E-state index in [-0.39, 0.29) is 22.8 Å². The van der Waals surface area contributed by atoms with Crippen LogP contribution in [-0.2, 0) is 20.9 Å². The number of sulfonamides is 1. The highest BCUT2D eigenvalue weighted by Crippen LogP contribution is 2.34. The molecule has 0 saturated heterocycles. The van der Waals surface area contributed by atoms with E-state index in [1.165, 1.54) is 42.8 Å². The van der Waals surface area contributed by atoms with E-state index in [4.69, 9.17) is 4.74 Å². The Morgan fingerprint density at radius 2 is 1.81 bits per heavy atom. The van der Waals surface area contributed by atoms with Crippen molar-refractivity contribution in [2.45, 2.75) is 24.9 Å². The van der Waals surface area contributed by atoms with Crippen molar-refractivity contribution >= 4 is 33.1 Å². The first-order valence-electron chi connectivity index (χ1n) is 9.34. The number of hydrogen-bond donors (Lipinski definition) is 0. The van der Waals surface area contributed by atoms with Crippen molar-refractivity contribution in [3.05, 3.63) is 64.5 Å². The van der Waals surface area contributed by atoms with Crippen LogP contribution in [0, 0.1) is 6.92 Å². The van der Waals surface area contributed by atoms with Crippen LogP contribution in [0.25, 0.3) is 10.6 Å². The Kier molecular flexibility index (Phi) is 6.61. The van der Waals surface area contributed by atoms with Crippen molar-refractivity contribution in [1.82, 2.24) is 4.98 Å². The second-order valence-electron chi connectivity index (χ2n) is 6.72. The fourth-order valence-electron chi connectivity index (χ4n) is 2.99. The van der Waals surface area contributed by atoms with Crippen LogP contribution >= 0.6 is 11.3 Å². The van der Waals surface area contributed by atoms with Crippen LogP contribution in [0.4, 0.5) is 19.0 Å². The average Bonchev–Trinajstić information content (AvgIpc) is 3.22. The predicted molar refractivity (Wildman–Crippen MR) is 115 cm³/mol. The summed E-state index contributed by atoms with van der Waals surface area (Å²) in [5.41, 5.74) is 0.355. The van der Waals surface area contributed by atoms with E-state index < -0.39 is 27.7 Å². The van der Waals surface area contributed by atoms with Gasteiger partial charge in [-0.25, -0.2) is 22.5 Å². The van der Waals surface area contributed by atoms with E-state index in [9.17, 15) is 26.4 Å². The zero-order valence-electron chi connectivity index (χ0n) is 17.3. The number of halogens is 3. The fraction of sp³-hybridized carbons (Fsp3) is 0.238. The quantitative estimate of drug-likeness (QED) is 0.453. The van der Waals surface area contributed by atoms with Crippen LogP contribution in [0.15, 0.2) is 52.7 Å². The summed E-state index contributed by atoms with van der Waals surface area (Å²) in [6, 6.07) is 8.64. The molecule has 32 heavy (non-hydrogen) atoms. The third-order valence-electron chi connectivity index (χ3n) is 4.70. The lowest BCUT2D eigenvalue weighted by molar-refractivity contribution is -0.137. The van der Waals surface area contributed by atoms with E-state index in [0.29, 0.717) is 16.1 Å². The Bertz CT molecular complexity index is 1240. The Hall–Kier alpha value is -2.92. The van der Waals surface area contributed by atoms with Crippen molar-refractivity contribution in [3.8, 4) is 10.6 Å². The molecule has 1 aromatic heterocycles. The third-order valence-corrected chi connectivity index (χ3v) is 7.45. The van der Waals surface area contributed by atoms with E-state index in [1.807, 2.05) is 0 Å². The summed E-state index contributed by atoms with van der Waals surface area (Å²) in [6.07, 6.45) is -4.45. The monoisotopic (exact) mass is 484 g/mol. The first kappa shape index (κ1) is 23.7. The summed E-state index contributed by atoms with van der Waals surface area (Å²) < 4.78 is 70.6. The number of hydrogen-bond acceptors (Lipinski definition) is 6. The first-order chi connectivity index (χ1) is 15.0. The van der Waals surface area contributed by atoms with Gasteiger partial charge in [0, 0.05) is 17.5 Å². The summed E-state index contributed by atoms with van der Waals surface area (Å²) in [7, 11) is -2.85. The predicted octanol–water partition coefficient (Wildman–Crippen LogP) is 5.14. The van der Waals surface area contributed by atoms with Gasteiger partial charge in [-0.05, 0) is 43.7 Å². The summed E-state index contributed by atoms with van der Waals surface area (Å²) in [6.45, 7) is 3.35. The zero-order valence-corrected chi connectivity index (χ0v) is 18.9. The molecule has 0 radical (unpaired) electrons. The van der Waals surface area contributed by atoms with Crippen LogP contribution in [-0.4, -0.2) is 33.0 Å². The highest BCUT2D eigenvalue weighted by Gasteiger charge is 2.30. The number of methoxy groups -OCH3 is 1. The summed E-state index contributed by atoms with van der Waals surface area (Å²) >= 11 is 1.11. The molecule has 0 fully saturated rings. The molecule has 2 aromatic carbocycles. The van der Waals surface area contributed by atoms with Crippen molar-refractivity contribution < 1.29 is 31.1 Å². The highest BCUT2D eigenvalue weighted by molar-refractivity contribution is 7.92. The number of ether oxygens (including phenoxy) is 1. The minimum atomic E-state index is -4.45. The van der Waals surface area contributed by atoms with Crippen LogP contribution in [0.5, 0.6) is 0 Å². The molecule has 0 atom stereocenters. The van der Waals surface area contributed by atoms with E-state index in [2.05, 4.69) is 4.98 Å². The second kappa shape index (κ2) is 8.91. The van der Waals surface area contributed by atoms with Gasteiger partial charge in [-0.3, -0.25) is 0 Å². The standard InChI is InChI=1S/C21H19F3N2O4S2/c1-4-26(32(28,29)16-10-5-13(2)17(11-16)20(27)30-3)18-12-31-19(25-18)14-6-8-15(9-7-14)21(22,23)24/h5-12H,4H2,1-3H3. The van der Waals surface area contributed by atoms with Gasteiger partial charge >= 0.3 is 12.1 Å². The maximum Gasteiger partial charge on any atom is 0.416 e. The maximum absolute atomic E-state index is 13.3. The van der Waals surface area contributed by atoms with Gasteiger partial charge in [0.25, 0.3) is 10.0 Å². The number of nitrogens with zero attached hydrogens (tertiary/aromatic N) is 2. The van der Waals surface area contributed by atoms with Gasteiger partial charge in [0.15, 0.2) is 5.82 Å². The Balaban J connectivity index is 1.96. The number of carbonyl (C=O) groups is 1. The molecular weight excluding hydrogens is 465 g/mol. The SMILES string of the molecule is CCN(c1csc(-c2ccc(C(F)(F)F)cc2)n1)S(=O)(=O)c1ccc(C)c(C(=O)OC)c1. The summed E-state index contributed by atoms with van der Waals surface area (Å²) in [5, 5.41) is 1.89. The minimum absolute atomic E-state index is 0.0555. The Morgan fingerprint density at radius 3 is 2.38 bits per heavy atom. The number of alkyl halides is 3. The smallest absolute Gasteiger partial charge is 0.416 e. The molecule has 3 aromatic rings. The van der Waals surface area contributed by atoms with E-state index >= 15 is 0 Å². The van der Waals surface area contributed by atoms with Gasteiger partial charge in [-0.2, -0.15) is 13.2 Å². The van der Waals surface area contributed by atoms with Crippen LogP contribution in [0.2, 0.25) is 0 Å². The van der Waals surface area contributed by atoms with Crippen LogP contribution < -0.4 is 4.31 Å². The number of esters is 1. The summed E-state index contributed by atoms with van der Waals surface area (Å²) in [5.74, 6) is -0.520.